The fraction of sp³-hybridized carbons (Fsp3) is 0.909. The second-order valence-electron chi connectivity index (χ2n) is 11.1. The first-order valence-electron chi connectivity index (χ1n) is 10.6. The Morgan fingerprint density at radius 3 is 2.07 bits per heavy atom. The molecule has 27 heavy (non-hydrogen) atoms. The van der Waals surface area contributed by atoms with Crippen LogP contribution in [0, 0.1) is 22.2 Å². The highest BCUT2D eigenvalue weighted by atomic mass is 16.5. The van der Waals surface area contributed by atoms with E-state index < -0.39 is 0 Å². The van der Waals surface area contributed by atoms with E-state index in [0.717, 1.165) is 45.4 Å². The molecule has 0 radical (unpaired) electrons. The molecule has 154 valence electrons. The highest BCUT2D eigenvalue weighted by molar-refractivity contribution is 5.80. The normalized spacial score (nSPS) is 36.4. The van der Waals surface area contributed by atoms with Crippen LogP contribution in [0.2, 0.25) is 0 Å². The zero-order valence-electron chi connectivity index (χ0n) is 18.1. The Balaban J connectivity index is 1.57. The van der Waals surface area contributed by atoms with Crippen LogP contribution in [0.15, 0.2) is 0 Å². The molecular formula is C22H38N2O3. The molecule has 3 aliphatic heterocycles. The van der Waals surface area contributed by atoms with Crippen LogP contribution in [-0.2, 0) is 14.3 Å². The second-order valence-corrected chi connectivity index (χ2v) is 11.1. The van der Waals surface area contributed by atoms with Crippen molar-refractivity contribution in [3.63, 3.8) is 0 Å². The Morgan fingerprint density at radius 1 is 1.04 bits per heavy atom. The standard InChI is InChI=1S/C22H38N2O3/c1-16-10-17(11-27-16)19(26)24-14-21(5)12-23(13-22(21,6)15-24)18(25)8-7-9-20(2,3)4/h16-17H,7-15H2,1-6H3/t16?,17?,21-,22+. The molecule has 5 heteroatoms. The van der Waals surface area contributed by atoms with Crippen LogP contribution in [0.3, 0.4) is 0 Å². The van der Waals surface area contributed by atoms with E-state index in [1.165, 1.54) is 0 Å². The number of likely N-dealkylation sites (tertiary alicyclic amines) is 2. The molecule has 0 aliphatic carbocycles. The fourth-order valence-corrected chi connectivity index (χ4v) is 5.17. The van der Waals surface area contributed by atoms with Gasteiger partial charge in [-0.15, -0.1) is 0 Å². The number of ether oxygens (including phenoxy) is 1. The number of nitrogens with zero attached hydrogens (tertiary/aromatic N) is 2. The number of rotatable bonds is 4. The first kappa shape index (κ1) is 20.6. The van der Waals surface area contributed by atoms with Gasteiger partial charge in [-0.05, 0) is 31.6 Å². The zero-order valence-corrected chi connectivity index (χ0v) is 18.1. The van der Waals surface area contributed by atoms with Crippen molar-refractivity contribution in [3.05, 3.63) is 0 Å². The van der Waals surface area contributed by atoms with Crippen molar-refractivity contribution >= 4 is 11.8 Å². The summed E-state index contributed by atoms with van der Waals surface area (Å²) in [6.45, 7) is 16.9. The molecule has 5 nitrogen and oxygen atoms in total. The van der Waals surface area contributed by atoms with Crippen LogP contribution in [0.4, 0.5) is 0 Å². The minimum atomic E-state index is -0.00652. The van der Waals surface area contributed by atoms with Crippen molar-refractivity contribution < 1.29 is 14.3 Å². The van der Waals surface area contributed by atoms with Gasteiger partial charge in [-0.2, -0.15) is 0 Å². The predicted octanol–water partition coefficient (Wildman–Crippen LogP) is 3.32. The van der Waals surface area contributed by atoms with Crippen molar-refractivity contribution in [2.75, 3.05) is 32.8 Å². The van der Waals surface area contributed by atoms with E-state index in [9.17, 15) is 9.59 Å². The molecule has 3 saturated heterocycles. The molecule has 4 atom stereocenters. The van der Waals surface area contributed by atoms with E-state index in [1.807, 2.05) is 11.8 Å². The lowest BCUT2D eigenvalue weighted by Gasteiger charge is -2.29. The van der Waals surface area contributed by atoms with Gasteiger partial charge < -0.3 is 14.5 Å². The first-order valence-corrected chi connectivity index (χ1v) is 10.6. The number of hydrogen-bond donors (Lipinski definition) is 0. The van der Waals surface area contributed by atoms with Crippen molar-refractivity contribution in [1.29, 1.82) is 0 Å². The highest BCUT2D eigenvalue weighted by Crippen LogP contribution is 2.52. The van der Waals surface area contributed by atoms with Gasteiger partial charge in [-0.1, -0.05) is 34.6 Å². The summed E-state index contributed by atoms with van der Waals surface area (Å²) in [5.41, 5.74) is 0.267. The van der Waals surface area contributed by atoms with Gasteiger partial charge in [0.05, 0.1) is 18.6 Å². The molecule has 2 unspecified atom stereocenters. The minimum absolute atomic E-state index is 0.00652. The third-order valence-electron chi connectivity index (χ3n) is 7.15. The maximum atomic E-state index is 12.9. The molecule has 3 rings (SSSR count). The maximum Gasteiger partial charge on any atom is 0.228 e. The van der Waals surface area contributed by atoms with Crippen LogP contribution in [0.25, 0.3) is 0 Å². The SMILES string of the molecule is CC1CC(C(=O)N2C[C@]3(C)CN(C(=O)CCCC(C)(C)C)C[C@]3(C)C2)CO1. The quantitative estimate of drug-likeness (QED) is 0.754. The van der Waals surface area contributed by atoms with Crippen LogP contribution in [-0.4, -0.2) is 60.5 Å². The maximum absolute atomic E-state index is 12.9. The zero-order chi connectivity index (χ0) is 20.0. The Kier molecular flexibility index (Phi) is 5.39. The topological polar surface area (TPSA) is 49.9 Å². The lowest BCUT2D eigenvalue weighted by molar-refractivity contribution is -0.135. The number of fused-ring (bicyclic) bond motifs is 1. The molecule has 0 aromatic heterocycles. The van der Waals surface area contributed by atoms with Crippen LogP contribution in [0.1, 0.15) is 67.2 Å². The van der Waals surface area contributed by atoms with Crippen molar-refractivity contribution in [2.24, 2.45) is 22.2 Å². The monoisotopic (exact) mass is 378 g/mol. The summed E-state index contributed by atoms with van der Waals surface area (Å²) in [4.78, 5) is 29.8. The molecule has 0 N–H and O–H groups in total. The van der Waals surface area contributed by atoms with Crippen LogP contribution < -0.4 is 0 Å². The second kappa shape index (κ2) is 7.06. The number of carbonyl (C=O) groups is 2. The summed E-state index contributed by atoms with van der Waals surface area (Å²) in [6, 6.07) is 0. The number of amides is 2. The molecule has 0 spiro atoms. The van der Waals surface area contributed by atoms with Crippen molar-refractivity contribution in [2.45, 2.75) is 73.3 Å². The van der Waals surface area contributed by atoms with Gasteiger partial charge in [0.25, 0.3) is 0 Å². The summed E-state index contributed by atoms with van der Waals surface area (Å²) in [7, 11) is 0. The summed E-state index contributed by atoms with van der Waals surface area (Å²) < 4.78 is 5.60. The lowest BCUT2D eigenvalue weighted by atomic mass is 9.71. The van der Waals surface area contributed by atoms with Gasteiger partial charge in [0.1, 0.15) is 0 Å². The van der Waals surface area contributed by atoms with Gasteiger partial charge in [0, 0.05) is 43.4 Å². The third-order valence-corrected chi connectivity index (χ3v) is 7.15. The minimum Gasteiger partial charge on any atom is -0.378 e. The summed E-state index contributed by atoms with van der Waals surface area (Å²) in [5, 5.41) is 0. The highest BCUT2D eigenvalue weighted by Gasteiger charge is 2.59. The van der Waals surface area contributed by atoms with Gasteiger partial charge >= 0.3 is 0 Å². The number of carbonyl (C=O) groups excluding carboxylic acids is 2. The van der Waals surface area contributed by atoms with Crippen molar-refractivity contribution in [1.82, 2.24) is 9.80 Å². The van der Waals surface area contributed by atoms with Gasteiger partial charge in [-0.25, -0.2) is 0 Å². The van der Waals surface area contributed by atoms with Gasteiger partial charge in [0.2, 0.25) is 11.8 Å². The van der Waals surface area contributed by atoms with E-state index in [1.54, 1.807) is 0 Å². The molecule has 3 heterocycles. The van der Waals surface area contributed by atoms with Crippen LogP contribution in [0.5, 0.6) is 0 Å². The fourth-order valence-electron chi connectivity index (χ4n) is 5.17. The molecule has 0 aromatic carbocycles. The predicted molar refractivity (Wildman–Crippen MR) is 106 cm³/mol. The average Bonchev–Trinajstić information content (AvgIpc) is 3.14. The Bertz CT molecular complexity index is 579. The van der Waals surface area contributed by atoms with E-state index in [4.69, 9.17) is 4.74 Å². The summed E-state index contributed by atoms with van der Waals surface area (Å²) in [6.07, 6.45) is 3.69. The first-order chi connectivity index (χ1) is 12.4. The molecule has 0 bridgehead atoms. The Labute approximate surface area is 164 Å². The summed E-state index contributed by atoms with van der Waals surface area (Å²) in [5.74, 6) is 0.549. The smallest absolute Gasteiger partial charge is 0.228 e. The third kappa shape index (κ3) is 4.18. The number of hydrogen-bond acceptors (Lipinski definition) is 3. The largest absolute Gasteiger partial charge is 0.378 e. The van der Waals surface area contributed by atoms with E-state index in [2.05, 4.69) is 39.5 Å². The lowest BCUT2D eigenvalue weighted by Crippen LogP contribution is -2.40. The van der Waals surface area contributed by atoms with Gasteiger partial charge in [0.15, 0.2) is 0 Å². The molecule has 0 saturated carbocycles. The van der Waals surface area contributed by atoms with Crippen LogP contribution >= 0.6 is 0 Å². The van der Waals surface area contributed by atoms with Crippen molar-refractivity contribution in [3.8, 4) is 0 Å². The molecule has 0 aromatic rings. The van der Waals surface area contributed by atoms with E-state index in [-0.39, 0.29) is 40.1 Å². The average molecular weight is 379 g/mol. The van der Waals surface area contributed by atoms with Gasteiger partial charge in [-0.3, -0.25) is 9.59 Å². The summed E-state index contributed by atoms with van der Waals surface area (Å²) >= 11 is 0. The molecular weight excluding hydrogens is 340 g/mol. The van der Waals surface area contributed by atoms with E-state index in [0.29, 0.717) is 13.0 Å². The Morgan fingerprint density at radius 2 is 1.59 bits per heavy atom. The molecule has 3 fully saturated rings. The Hall–Kier alpha value is -1.10. The molecule has 3 aliphatic rings. The molecule has 2 amide bonds. The van der Waals surface area contributed by atoms with E-state index >= 15 is 0 Å².